The molecular formula is C60H42. The van der Waals surface area contributed by atoms with E-state index in [4.69, 9.17) is 0 Å². The minimum Gasteiger partial charge on any atom is -0.0622 e. The van der Waals surface area contributed by atoms with E-state index in [2.05, 4.69) is 255 Å². The molecule has 60 heavy (non-hydrogen) atoms. The highest BCUT2D eigenvalue weighted by atomic mass is 14.2. The van der Waals surface area contributed by atoms with Crippen LogP contribution in [0.2, 0.25) is 0 Å². The molecule has 0 aromatic heterocycles. The lowest BCUT2D eigenvalue weighted by atomic mass is 9.89. The number of benzene rings is 10. The molecule has 0 heteroatoms. The van der Waals surface area contributed by atoms with Crippen LogP contribution in [-0.4, -0.2) is 0 Å². The second-order valence-electron chi connectivity index (χ2n) is 15.4. The zero-order valence-corrected chi connectivity index (χ0v) is 33.2. The average Bonchev–Trinajstić information content (AvgIpc) is 3.35. The summed E-state index contributed by atoms with van der Waals surface area (Å²) in [6, 6.07) is 92.5. The Morgan fingerprint density at radius 2 is 0.233 bits per heavy atom. The highest BCUT2D eigenvalue weighted by Gasteiger charge is 2.13. The SMILES string of the molecule is c1ccc(-c2cc(-c3ccccc3)cc(-c3cccc(-c4cc(-c5ccccc5)cc(-c5cccc(-c6cc(-c7ccccc7)cc(-c7ccccc7)c6)c5)c4)c3)c2)cc1. The van der Waals surface area contributed by atoms with Gasteiger partial charge < -0.3 is 0 Å². The normalized spacial score (nSPS) is 11.0. The molecule has 0 radical (unpaired) electrons. The van der Waals surface area contributed by atoms with Crippen molar-refractivity contribution < 1.29 is 0 Å². The molecule has 10 aromatic rings. The van der Waals surface area contributed by atoms with Gasteiger partial charge in [0.05, 0.1) is 0 Å². The molecule has 10 aromatic carbocycles. The van der Waals surface area contributed by atoms with Crippen LogP contribution in [0, 0.1) is 0 Å². The van der Waals surface area contributed by atoms with Gasteiger partial charge in [-0.15, -0.1) is 0 Å². The topological polar surface area (TPSA) is 0 Å². The molecule has 0 nitrogen and oxygen atoms in total. The van der Waals surface area contributed by atoms with Gasteiger partial charge in [0.1, 0.15) is 0 Å². The highest BCUT2D eigenvalue weighted by Crippen LogP contribution is 2.39. The molecule has 0 fully saturated rings. The zero-order valence-electron chi connectivity index (χ0n) is 33.2. The summed E-state index contributed by atoms with van der Waals surface area (Å²) in [5.74, 6) is 0. The molecule has 0 spiro atoms. The predicted molar refractivity (Wildman–Crippen MR) is 255 cm³/mol. The summed E-state index contributed by atoms with van der Waals surface area (Å²) in [5, 5.41) is 0. The average molecular weight is 763 g/mol. The highest BCUT2D eigenvalue weighted by molar-refractivity contribution is 5.87. The zero-order chi connectivity index (χ0) is 40.1. The molecule has 282 valence electrons. The Balaban J connectivity index is 1.09. The maximum atomic E-state index is 2.36. The first-order valence-corrected chi connectivity index (χ1v) is 20.6. The van der Waals surface area contributed by atoms with Crippen molar-refractivity contribution in [2.75, 3.05) is 0 Å². The fourth-order valence-corrected chi connectivity index (χ4v) is 8.29. The third-order valence-electron chi connectivity index (χ3n) is 11.4. The summed E-state index contributed by atoms with van der Waals surface area (Å²) in [5.41, 5.74) is 21.5. The first-order chi connectivity index (χ1) is 29.7. The number of rotatable bonds is 9. The third-order valence-corrected chi connectivity index (χ3v) is 11.4. The van der Waals surface area contributed by atoms with Crippen LogP contribution >= 0.6 is 0 Å². The maximum Gasteiger partial charge on any atom is -0.0171 e. The molecule has 0 aliphatic carbocycles. The van der Waals surface area contributed by atoms with Crippen LogP contribution in [0.5, 0.6) is 0 Å². The van der Waals surface area contributed by atoms with Crippen LogP contribution in [0.3, 0.4) is 0 Å². The van der Waals surface area contributed by atoms with Crippen molar-refractivity contribution in [1.29, 1.82) is 0 Å². The number of hydrogen-bond donors (Lipinski definition) is 0. The van der Waals surface area contributed by atoms with E-state index in [1.807, 2.05) is 0 Å². The molecule has 0 bridgehead atoms. The van der Waals surface area contributed by atoms with Crippen LogP contribution in [0.1, 0.15) is 0 Å². The van der Waals surface area contributed by atoms with Crippen LogP contribution in [0.15, 0.2) is 255 Å². The van der Waals surface area contributed by atoms with E-state index in [9.17, 15) is 0 Å². The van der Waals surface area contributed by atoms with Gasteiger partial charge in [0.25, 0.3) is 0 Å². The molecule has 0 aliphatic rings. The van der Waals surface area contributed by atoms with Gasteiger partial charge in [-0.1, -0.05) is 188 Å². The summed E-state index contributed by atoms with van der Waals surface area (Å²) in [6.07, 6.45) is 0. The minimum atomic E-state index is 1.18. The van der Waals surface area contributed by atoms with Crippen molar-refractivity contribution in [3.05, 3.63) is 255 Å². The lowest BCUT2D eigenvalue weighted by Gasteiger charge is -2.15. The first-order valence-electron chi connectivity index (χ1n) is 20.6. The van der Waals surface area contributed by atoms with Crippen LogP contribution in [0.4, 0.5) is 0 Å². The Morgan fingerprint density at radius 1 is 0.100 bits per heavy atom. The van der Waals surface area contributed by atoms with Crippen molar-refractivity contribution in [2.45, 2.75) is 0 Å². The Morgan fingerprint density at radius 3 is 0.417 bits per heavy atom. The molecule has 0 heterocycles. The second kappa shape index (κ2) is 16.6. The van der Waals surface area contributed by atoms with Crippen molar-refractivity contribution in [3.63, 3.8) is 0 Å². The maximum absolute atomic E-state index is 2.36. The van der Waals surface area contributed by atoms with E-state index in [0.717, 1.165) is 0 Å². The van der Waals surface area contributed by atoms with Crippen molar-refractivity contribution >= 4 is 0 Å². The van der Waals surface area contributed by atoms with Crippen LogP contribution < -0.4 is 0 Å². The molecule has 10 rings (SSSR count). The van der Waals surface area contributed by atoms with Gasteiger partial charge in [0.15, 0.2) is 0 Å². The van der Waals surface area contributed by atoms with E-state index in [-0.39, 0.29) is 0 Å². The third kappa shape index (κ3) is 7.88. The molecule has 0 atom stereocenters. The Labute approximate surface area is 353 Å². The van der Waals surface area contributed by atoms with Crippen molar-refractivity contribution in [3.8, 4) is 100 Å². The lowest BCUT2D eigenvalue weighted by Crippen LogP contribution is -1.89. The summed E-state index contributed by atoms with van der Waals surface area (Å²) < 4.78 is 0. The molecule has 0 unspecified atom stereocenters. The fourth-order valence-electron chi connectivity index (χ4n) is 8.29. The van der Waals surface area contributed by atoms with Gasteiger partial charge in [-0.25, -0.2) is 0 Å². The summed E-state index contributed by atoms with van der Waals surface area (Å²) in [7, 11) is 0. The van der Waals surface area contributed by atoms with Gasteiger partial charge >= 0.3 is 0 Å². The van der Waals surface area contributed by atoms with Gasteiger partial charge in [0, 0.05) is 0 Å². The van der Waals surface area contributed by atoms with Crippen LogP contribution in [-0.2, 0) is 0 Å². The van der Waals surface area contributed by atoms with Gasteiger partial charge in [-0.2, -0.15) is 0 Å². The van der Waals surface area contributed by atoms with E-state index >= 15 is 0 Å². The van der Waals surface area contributed by atoms with E-state index in [1.54, 1.807) is 0 Å². The summed E-state index contributed by atoms with van der Waals surface area (Å²) >= 11 is 0. The van der Waals surface area contributed by atoms with E-state index < -0.39 is 0 Å². The molecule has 0 saturated heterocycles. The molecular weight excluding hydrogens is 721 g/mol. The van der Waals surface area contributed by atoms with Gasteiger partial charge in [0.2, 0.25) is 0 Å². The van der Waals surface area contributed by atoms with Gasteiger partial charge in [-0.3, -0.25) is 0 Å². The fraction of sp³-hybridized carbons (Fsp3) is 0. The minimum absolute atomic E-state index is 1.18. The van der Waals surface area contributed by atoms with Crippen molar-refractivity contribution in [1.82, 2.24) is 0 Å². The molecule has 0 amide bonds. The van der Waals surface area contributed by atoms with E-state index in [1.165, 1.54) is 100 Å². The smallest absolute Gasteiger partial charge is 0.0171 e. The van der Waals surface area contributed by atoms with Crippen molar-refractivity contribution in [2.24, 2.45) is 0 Å². The molecule has 0 N–H and O–H groups in total. The standard InChI is InChI=1S/C60H42/c1-6-18-43(19-7-1)52-34-53(44-20-8-2-9-21-44)37-57(36-52)48-28-16-30-50(32-48)59-40-56(47-26-14-5-15-27-47)41-60(42-59)51-31-17-29-49(33-51)58-38-54(45-22-10-3-11-23-45)35-55(39-58)46-24-12-4-13-25-46/h1-42H. The van der Waals surface area contributed by atoms with Crippen LogP contribution in [0.25, 0.3) is 100 Å². The second-order valence-corrected chi connectivity index (χ2v) is 15.4. The largest absolute Gasteiger partial charge is 0.0622 e. The Hall–Kier alpha value is -7.80. The monoisotopic (exact) mass is 762 g/mol. The summed E-state index contributed by atoms with van der Waals surface area (Å²) in [6.45, 7) is 0. The Kier molecular flexibility index (Phi) is 10.1. The van der Waals surface area contributed by atoms with Gasteiger partial charge in [-0.05, 0) is 167 Å². The number of hydrogen-bond acceptors (Lipinski definition) is 0. The van der Waals surface area contributed by atoms with E-state index in [0.29, 0.717) is 0 Å². The lowest BCUT2D eigenvalue weighted by molar-refractivity contribution is 1.54. The molecule has 0 saturated carbocycles. The first kappa shape index (κ1) is 36.5. The summed E-state index contributed by atoms with van der Waals surface area (Å²) in [4.78, 5) is 0. The molecule has 0 aliphatic heterocycles. The predicted octanol–water partition coefficient (Wildman–Crippen LogP) is 16.7. The quantitative estimate of drug-likeness (QED) is 0.137. The Bertz CT molecular complexity index is 2730.